The summed E-state index contributed by atoms with van der Waals surface area (Å²) >= 11 is 0. The lowest BCUT2D eigenvalue weighted by Crippen LogP contribution is -2.46. The van der Waals surface area contributed by atoms with Gasteiger partial charge in [-0.05, 0) is 12.8 Å². The van der Waals surface area contributed by atoms with Crippen LogP contribution in [0.15, 0.2) is 0 Å². The molecule has 0 aliphatic carbocycles. The first-order valence-electron chi connectivity index (χ1n) is 27.4. The molecule has 3 unspecified atom stereocenters. The third-order valence-corrected chi connectivity index (χ3v) is 13.8. The molecule has 0 aliphatic rings. The second kappa shape index (κ2) is 45.6. The van der Waals surface area contributed by atoms with Gasteiger partial charge in [0.15, 0.2) is 0 Å². The monoisotopic (exact) mass is 902 g/mol. The molecule has 0 aromatic heterocycles. The fourth-order valence-electron chi connectivity index (χ4n) is 8.52. The Hall–Kier alpha value is -0.500. The van der Waals surface area contributed by atoms with E-state index in [9.17, 15) is 19.4 Å². The van der Waals surface area contributed by atoms with Gasteiger partial charge in [-0.1, -0.05) is 264 Å². The number of amides is 1. The number of hydrogen-bond acceptors (Lipinski definition) is 5. The first-order chi connectivity index (χ1) is 30.0. The summed E-state index contributed by atoms with van der Waals surface area (Å²) in [4.78, 5) is 23.1. The molecule has 372 valence electrons. The van der Waals surface area contributed by atoms with Crippen LogP contribution in [0.1, 0.15) is 284 Å². The van der Waals surface area contributed by atoms with Crippen LogP contribution in [0.25, 0.3) is 0 Å². The van der Waals surface area contributed by atoms with E-state index in [2.05, 4.69) is 19.2 Å². The Kier molecular flexibility index (Phi) is 45.3. The van der Waals surface area contributed by atoms with Gasteiger partial charge in [0, 0.05) is 6.42 Å². The molecule has 0 rings (SSSR count). The molecule has 0 fully saturated rings. The number of unbranched alkanes of at least 4 members (excludes halogenated alkanes) is 38. The zero-order chi connectivity index (χ0) is 45.7. The number of quaternary nitrogens is 1. The van der Waals surface area contributed by atoms with E-state index in [1.165, 1.54) is 218 Å². The second-order valence-electron chi connectivity index (χ2n) is 20.3. The zero-order valence-electron chi connectivity index (χ0n) is 42.4. The summed E-state index contributed by atoms with van der Waals surface area (Å²) in [6.07, 6.45) is 53.4. The van der Waals surface area contributed by atoms with E-state index in [4.69, 9.17) is 9.05 Å². The summed E-state index contributed by atoms with van der Waals surface area (Å²) in [5.74, 6) is -0.145. The van der Waals surface area contributed by atoms with Gasteiger partial charge in [-0.15, -0.1) is 0 Å². The topological polar surface area (TPSA) is 105 Å². The summed E-state index contributed by atoms with van der Waals surface area (Å²) in [5.41, 5.74) is 0. The van der Waals surface area contributed by atoms with E-state index in [0.29, 0.717) is 23.9 Å². The molecule has 0 bridgehead atoms. The Bertz CT molecular complexity index is 978. The standard InChI is InChI=1S/C53H109N2O6P/c1-6-8-10-12-14-16-17-18-19-20-21-22-23-24-25-26-27-28-29-30-31-32-33-34-35-36-37-38-39-40-42-44-46-52(56)51(50-61-62(58,59)60-49-48-55(3,4)5)54-53(57)47-45-43-41-15-13-11-9-7-2/h51-52,56H,6-50H2,1-5H3,(H-,54,57,58,59)/p+1. The highest BCUT2D eigenvalue weighted by Gasteiger charge is 2.28. The normalized spacial score (nSPS) is 14.0. The molecule has 0 heterocycles. The summed E-state index contributed by atoms with van der Waals surface area (Å²) in [6, 6.07) is -0.752. The summed E-state index contributed by atoms with van der Waals surface area (Å²) in [7, 11) is 1.63. The molecule has 0 saturated heterocycles. The Morgan fingerprint density at radius 3 is 1.08 bits per heavy atom. The molecule has 9 heteroatoms. The van der Waals surface area contributed by atoms with Crippen molar-refractivity contribution in [3.05, 3.63) is 0 Å². The maximum absolute atomic E-state index is 12.8. The van der Waals surface area contributed by atoms with Crippen LogP contribution in [0.2, 0.25) is 0 Å². The maximum Gasteiger partial charge on any atom is 0.472 e. The number of phosphoric ester groups is 1. The SMILES string of the molecule is CCCCCCCCCCCCCCCCCCCCCCCCCCCCCCCCCCC(O)C(COP(=O)(O)OCC[N+](C)(C)C)NC(=O)CCCCCCCCCC. The van der Waals surface area contributed by atoms with Crippen LogP contribution < -0.4 is 5.32 Å². The highest BCUT2D eigenvalue weighted by atomic mass is 31.2. The number of carbonyl (C=O) groups excluding carboxylic acids is 1. The molecule has 0 aromatic rings. The fourth-order valence-corrected chi connectivity index (χ4v) is 9.26. The van der Waals surface area contributed by atoms with Gasteiger partial charge in [0.1, 0.15) is 13.2 Å². The average molecular weight is 902 g/mol. The number of phosphoric acid groups is 1. The van der Waals surface area contributed by atoms with Crippen molar-refractivity contribution < 1.29 is 32.9 Å². The maximum atomic E-state index is 12.8. The van der Waals surface area contributed by atoms with E-state index < -0.39 is 20.0 Å². The lowest BCUT2D eigenvalue weighted by molar-refractivity contribution is -0.870. The molecule has 3 N–H and O–H groups in total. The first kappa shape index (κ1) is 61.5. The molecule has 0 aliphatic heterocycles. The van der Waals surface area contributed by atoms with Crippen LogP contribution in [0.4, 0.5) is 0 Å². The Balaban J connectivity index is 3.87. The molecule has 0 saturated carbocycles. The highest BCUT2D eigenvalue weighted by Crippen LogP contribution is 2.43. The lowest BCUT2D eigenvalue weighted by atomic mass is 10.0. The Morgan fingerprint density at radius 1 is 0.484 bits per heavy atom. The first-order valence-corrected chi connectivity index (χ1v) is 28.9. The van der Waals surface area contributed by atoms with Crippen LogP contribution in [0.3, 0.4) is 0 Å². The van der Waals surface area contributed by atoms with Gasteiger partial charge >= 0.3 is 7.82 Å². The van der Waals surface area contributed by atoms with Crippen molar-refractivity contribution >= 4 is 13.7 Å². The van der Waals surface area contributed by atoms with Crippen LogP contribution in [0.5, 0.6) is 0 Å². The smallest absolute Gasteiger partial charge is 0.391 e. The Morgan fingerprint density at radius 2 is 0.774 bits per heavy atom. The van der Waals surface area contributed by atoms with Crippen molar-refractivity contribution in [2.24, 2.45) is 0 Å². The quantitative estimate of drug-likeness (QED) is 0.0319. The van der Waals surface area contributed by atoms with Gasteiger partial charge in [0.25, 0.3) is 0 Å². The van der Waals surface area contributed by atoms with Crippen molar-refractivity contribution in [3.63, 3.8) is 0 Å². The number of carbonyl (C=O) groups is 1. The van der Waals surface area contributed by atoms with E-state index in [1.807, 2.05) is 21.1 Å². The van der Waals surface area contributed by atoms with Crippen LogP contribution in [-0.4, -0.2) is 73.4 Å². The van der Waals surface area contributed by atoms with Crippen LogP contribution >= 0.6 is 7.82 Å². The molecule has 62 heavy (non-hydrogen) atoms. The minimum absolute atomic E-state index is 0.0784. The number of hydrogen-bond donors (Lipinski definition) is 3. The van der Waals surface area contributed by atoms with Gasteiger partial charge in [-0.3, -0.25) is 13.8 Å². The molecule has 1 amide bonds. The number of nitrogens with one attached hydrogen (secondary N) is 1. The van der Waals surface area contributed by atoms with E-state index in [1.54, 1.807) is 0 Å². The molecular formula is C53H110N2O6P+. The predicted molar refractivity (Wildman–Crippen MR) is 268 cm³/mol. The summed E-state index contributed by atoms with van der Waals surface area (Å²) < 4.78 is 23.6. The predicted octanol–water partition coefficient (Wildman–Crippen LogP) is 16.1. The van der Waals surface area contributed by atoms with Gasteiger partial charge in [-0.2, -0.15) is 0 Å². The van der Waals surface area contributed by atoms with Crippen molar-refractivity contribution in [3.8, 4) is 0 Å². The largest absolute Gasteiger partial charge is 0.472 e. The zero-order valence-corrected chi connectivity index (χ0v) is 43.3. The van der Waals surface area contributed by atoms with Gasteiger partial charge < -0.3 is 19.8 Å². The molecule has 3 atom stereocenters. The summed E-state index contributed by atoms with van der Waals surface area (Å²) in [6.45, 7) is 4.89. The van der Waals surface area contributed by atoms with Crippen LogP contribution in [-0.2, 0) is 18.4 Å². The van der Waals surface area contributed by atoms with E-state index >= 15 is 0 Å². The second-order valence-corrected chi connectivity index (χ2v) is 21.8. The third-order valence-electron chi connectivity index (χ3n) is 12.9. The van der Waals surface area contributed by atoms with Crippen molar-refractivity contribution in [2.75, 3.05) is 40.9 Å². The number of likely N-dealkylation sites (N-methyl/N-ethyl adjacent to an activating group) is 1. The lowest BCUT2D eigenvalue weighted by Gasteiger charge is -2.26. The minimum Gasteiger partial charge on any atom is -0.391 e. The number of aliphatic hydroxyl groups is 1. The van der Waals surface area contributed by atoms with Gasteiger partial charge in [-0.25, -0.2) is 4.57 Å². The average Bonchev–Trinajstić information content (AvgIpc) is 3.23. The van der Waals surface area contributed by atoms with Crippen molar-refractivity contribution in [1.29, 1.82) is 0 Å². The number of nitrogens with zero attached hydrogens (tertiary/aromatic N) is 1. The summed E-state index contributed by atoms with van der Waals surface area (Å²) in [5, 5.41) is 14.0. The van der Waals surface area contributed by atoms with E-state index in [0.717, 1.165) is 38.5 Å². The molecule has 0 spiro atoms. The Labute approximate surface area is 387 Å². The van der Waals surface area contributed by atoms with Crippen molar-refractivity contribution in [1.82, 2.24) is 5.32 Å². The van der Waals surface area contributed by atoms with Crippen molar-refractivity contribution in [2.45, 2.75) is 296 Å². The van der Waals surface area contributed by atoms with Crippen LogP contribution in [0, 0.1) is 0 Å². The fraction of sp³-hybridized carbons (Fsp3) is 0.981. The van der Waals surface area contributed by atoms with Gasteiger partial charge in [0.2, 0.25) is 5.91 Å². The third kappa shape index (κ3) is 47.5. The number of rotatable bonds is 51. The minimum atomic E-state index is -4.31. The van der Waals surface area contributed by atoms with Gasteiger partial charge in [0.05, 0.1) is 39.9 Å². The van der Waals surface area contributed by atoms with E-state index in [-0.39, 0.29) is 19.1 Å². The molecular weight excluding hydrogens is 792 g/mol. The molecule has 0 radical (unpaired) electrons. The molecule has 8 nitrogen and oxygen atoms in total. The number of aliphatic hydroxyl groups excluding tert-OH is 1. The highest BCUT2D eigenvalue weighted by molar-refractivity contribution is 7.47. The molecule has 0 aromatic carbocycles.